The Labute approximate surface area is 148 Å². The van der Waals surface area contributed by atoms with E-state index in [1.54, 1.807) is 11.8 Å². The third-order valence-corrected chi connectivity index (χ3v) is 4.52. The molecular weight excluding hydrogens is 318 g/mol. The molecule has 0 saturated carbocycles. The van der Waals surface area contributed by atoms with E-state index in [0.29, 0.717) is 6.42 Å². The molecule has 4 heteroatoms. The van der Waals surface area contributed by atoms with Crippen LogP contribution in [0, 0.1) is 0 Å². The Morgan fingerprint density at radius 2 is 1.83 bits per heavy atom. The van der Waals surface area contributed by atoms with Crippen molar-refractivity contribution in [3.63, 3.8) is 0 Å². The van der Waals surface area contributed by atoms with Crippen molar-refractivity contribution in [2.75, 3.05) is 17.7 Å². The minimum atomic E-state index is 0.0511. The molecule has 0 radical (unpaired) electrons. The highest BCUT2D eigenvalue weighted by Gasteiger charge is 2.03. The molecular formula is C20H25NO2S. The van der Waals surface area contributed by atoms with E-state index >= 15 is 0 Å². The zero-order valence-corrected chi connectivity index (χ0v) is 15.0. The number of thioether (sulfide) groups is 1. The highest BCUT2D eigenvalue weighted by molar-refractivity contribution is 7.98. The van der Waals surface area contributed by atoms with Crippen LogP contribution in [0.5, 0.6) is 5.75 Å². The maximum absolute atomic E-state index is 12.0. The van der Waals surface area contributed by atoms with Gasteiger partial charge in [0.05, 0.1) is 6.61 Å². The molecule has 2 aromatic rings. The molecule has 0 aliphatic rings. The Morgan fingerprint density at radius 3 is 2.54 bits per heavy atom. The molecule has 0 aliphatic heterocycles. The number of anilines is 1. The van der Waals surface area contributed by atoms with E-state index < -0.39 is 0 Å². The van der Waals surface area contributed by atoms with E-state index in [-0.39, 0.29) is 5.91 Å². The third-order valence-electron chi connectivity index (χ3n) is 3.49. The van der Waals surface area contributed by atoms with Crippen LogP contribution in [0.2, 0.25) is 0 Å². The maximum atomic E-state index is 12.0. The molecule has 3 nitrogen and oxygen atoms in total. The molecule has 0 spiro atoms. The van der Waals surface area contributed by atoms with Gasteiger partial charge in [-0.1, -0.05) is 43.7 Å². The first-order valence-corrected chi connectivity index (χ1v) is 9.58. The number of nitrogens with one attached hydrogen (secondary N) is 1. The summed E-state index contributed by atoms with van der Waals surface area (Å²) in [5.74, 6) is 2.66. The Hall–Kier alpha value is -1.94. The minimum absolute atomic E-state index is 0.0511. The number of carbonyl (C=O) groups excluding carboxylic acids is 1. The summed E-state index contributed by atoms with van der Waals surface area (Å²) in [5, 5.41) is 2.93. The van der Waals surface area contributed by atoms with Crippen LogP contribution >= 0.6 is 11.8 Å². The first-order valence-electron chi connectivity index (χ1n) is 8.42. The van der Waals surface area contributed by atoms with Gasteiger partial charge in [-0.25, -0.2) is 0 Å². The largest absolute Gasteiger partial charge is 0.494 e. The standard InChI is InChI=1S/C20H25NO2S/c1-2-3-14-23-19-11-9-18(10-12-19)21-20(22)13-15-24-16-17-7-5-4-6-8-17/h4-12H,2-3,13-16H2,1H3,(H,21,22). The number of unbranched alkanes of at least 4 members (excludes halogenated alkanes) is 1. The van der Waals surface area contributed by atoms with Crippen molar-refractivity contribution in [1.82, 2.24) is 0 Å². The molecule has 0 saturated heterocycles. The summed E-state index contributed by atoms with van der Waals surface area (Å²) in [7, 11) is 0. The molecule has 2 rings (SSSR count). The van der Waals surface area contributed by atoms with Crippen LogP contribution in [0.4, 0.5) is 5.69 Å². The molecule has 1 N–H and O–H groups in total. The fraction of sp³-hybridized carbons (Fsp3) is 0.350. The highest BCUT2D eigenvalue weighted by Crippen LogP contribution is 2.17. The summed E-state index contributed by atoms with van der Waals surface area (Å²) in [6, 6.07) is 17.9. The van der Waals surface area contributed by atoms with Crippen molar-refractivity contribution < 1.29 is 9.53 Å². The Morgan fingerprint density at radius 1 is 1.08 bits per heavy atom. The van der Waals surface area contributed by atoms with Gasteiger partial charge in [-0.15, -0.1) is 0 Å². The second-order valence-electron chi connectivity index (χ2n) is 5.56. The van der Waals surface area contributed by atoms with Crippen molar-refractivity contribution in [2.45, 2.75) is 31.9 Å². The molecule has 0 atom stereocenters. The Bertz CT molecular complexity index is 599. The number of hydrogen-bond donors (Lipinski definition) is 1. The fourth-order valence-electron chi connectivity index (χ4n) is 2.12. The quantitative estimate of drug-likeness (QED) is 0.608. The van der Waals surface area contributed by atoms with Gasteiger partial charge in [0.2, 0.25) is 5.91 Å². The summed E-state index contributed by atoms with van der Waals surface area (Å²) < 4.78 is 5.61. The van der Waals surface area contributed by atoms with Crippen LogP contribution in [-0.2, 0) is 10.5 Å². The van der Waals surface area contributed by atoms with Crippen LogP contribution in [0.1, 0.15) is 31.7 Å². The predicted octanol–water partition coefficient (Wildman–Crippen LogP) is 5.13. The average molecular weight is 343 g/mol. The summed E-state index contributed by atoms with van der Waals surface area (Å²) in [6.07, 6.45) is 2.70. The van der Waals surface area contributed by atoms with Crippen LogP contribution in [0.3, 0.4) is 0 Å². The first kappa shape index (κ1) is 18.4. The summed E-state index contributed by atoms with van der Waals surface area (Å²) in [6.45, 7) is 2.88. The number of hydrogen-bond acceptors (Lipinski definition) is 3. The lowest BCUT2D eigenvalue weighted by Gasteiger charge is -2.08. The van der Waals surface area contributed by atoms with E-state index in [1.165, 1.54) is 5.56 Å². The van der Waals surface area contributed by atoms with Gasteiger partial charge < -0.3 is 10.1 Å². The molecule has 0 bridgehead atoms. The van der Waals surface area contributed by atoms with Crippen LogP contribution < -0.4 is 10.1 Å². The SMILES string of the molecule is CCCCOc1ccc(NC(=O)CCSCc2ccccc2)cc1. The molecule has 1 amide bonds. The predicted molar refractivity (Wildman–Crippen MR) is 103 cm³/mol. The van der Waals surface area contributed by atoms with Gasteiger partial charge in [0.1, 0.15) is 5.75 Å². The summed E-state index contributed by atoms with van der Waals surface area (Å²) in [5.41, 5.74) is 2.11. The van der Waals surface area contributed by atoms with Crippen molar-refractivity contribution in [3.8, 4) is 5.75 Å². The normalized spacial score (nSPS) is 10.4. The lowest BCUT2D eigenvalue weighted by molar-refractivity contribution is -0.115. The monoisotopic (exact) mass is 343 g/mol. The van der Waals surface area contributed by atoms with Crippen molar-refractivity contribution in [3.05, 3.63) is 60.2 Å². The maximum Gasteiger partial charge on any atom is 0.225 e. The molecule has 0 heterocycles. The van der Waals surface area contributed by atoms with Crippen molar-refractivity contribution >= 4 is 23.4 Å². The summed E-state index contributed by atoms with van der Waals surface area (Å²) in [4.78, 5) is 12.0. The fourth-order valence-corrected chi connectivity index (χ4v) is 3.02. The van der Waals surface area contributed by atoms with Crippen LogP contribution in [0.15, 0.2) is 54.6 Å². The summed E-state index contributed by atoms with van der Waals surface area (Å²) >= 11 is 1.78. The molecule has 0 unspecified atom stereocenters. The topological polar surface area (TPSA) is 38.3 Å². The molecule has 0 aromatic heterocycles. The zero-order chi connectivity index (χ0) is 17.0. The number of amides is 1. The second kappa shape index (κ2) is 10.8. The molecule has 2 aromatic carbocycles. The number of benzene rings is 2. The van der Waals surface area contributed by atoms with Gasteiger partial charge in [0.15, 0.2) is 0 Å². The van der Waals surface area contributed by atoms with Crippen LogP contribution in [-0.4, -0.2) is 18.3 Å². The van der Waals surface area contributed by atoms with Crippen molar-refractivity contribution in [2.24, 2.45) is 0 Å². The highest BCUT2D eigenvalue weighted by atomic mass is 32.2. The average Bonchev–Trinajstić information content (AvgIpc) is 2.61. The number of rotatable bonds is 10. The van der Waals surface area contributed by atoms with Gasteiger partial charge in [-0.2, -0.15) is 11.8 Å². The molecule has 0 fully saturated rings. The smallest absolute Gasteiger partial charge is 0.225 e. The Balaban J connectivity index is 1.64. The lowest BCUT2D eigenvalue weighted by atomic mass is 10.2. The van der Waals surface area contributed by atoms with Crippen LogP contribution in [0.25, 0.3) is 0 Å². The zero-order valence-electron chi connectivity index (χ0n) is 14.2. The minimum Gasteiger partial charge on any atom is -0.494 e. The van der Waals surface area contributed by atoms with Crippen molar-refractivity contribution in [1.29, 1.82) is 0 Å². The third kappa shape index (κ3) is 7.09. The van der Waals surface area contributed by atoms with Gasteiger partial charge in [0.25, 0.3) is 0 Å². The molecule has 24 heavy (non-hydrogen) atoms. The number of carbonyl (C=O) groups is 1. The van der Waals surface area contributed by atoms with Gasteiger partial charge in [-0.3, -0.25) is 4.79 Å². The first-order chi connectivity index (χ1) is 11.8. The van der Waals surface area contributed by atoms with Gasteiger partial charge in [-0.05, 0) is 36.2 Å². The number of ether oxygens (including phenoxy) is 1. The van der Waals surface area contributed by atoms with Gasteiger partial charge in [0, 0.05) is 23.6 Å². The second-order valence-corrected chi connectivity index (χ2v) is 6.67. The van der Waals surface area contributed by atoms with E-state index in [4.69, 9.17) is 4.74 Å². The lowest BCUT2D eigenvalue weighted by Crippen LogP contribution is -2.12. The van der Waals surface area contributed by atoms with E-state index in [2.05, 4.69) is 24.4 Å². The van der Waals surface area contributed by atoms with E-state index in [9.17, 15) is 4.79 Å². The van der Waals surface area contributed by atoms with Gasteiger partial charge >= 0.3 is 0 Å². The van der Waals surface area contributed by atoms with E-state index in [1.807, 2.05) is 42.5 Å². The van der Waals surface area contributed by atoms with E-state index in [0.717, 1.165) is 42.4 Å². The Kier molecular flexibility index (Phi) is 8.25. The molecule has 0 aliphatic carbocycles. The molecule has 128 valence electrons.